The van der Waals surface area contributed by atoms with Crippen LogP contribution in [0.5, 0.6) is 5.75 Å². The van der Waals surface area contributed by atoms with E-state index in [9.17, 15) is 14.3 Å². The van der Waals surface area contributed by atoms with Crippen molar-refractivity contribution in [2.24, 2.45) is 5.73 Å². The van der Waals surface area contributed by atoms with E-state index in [1.165, 1.54) is 6.07 Å². The molecule has 0 spiro atoms. The van der Waals surface area contributed by atoms with Crippen molar-refractivity contribution in [3.05, 3.63) is 29.6 Å². The highest BCUT2D eigenvalue weighted by molar-refractivity contribution is 5.73. The fourth-order valence-corrected chi connectivity index (χ4v) is 1.03. The lowest BCUT2D eigenvalue weighted by atomic mass is 10.1. The highest BCUT2D eigenvalue weighted by atomic mass is 19.1. The van der Waals surface area contributed by atoms with Crippen molar-refractivity contribution >= 4 is 5.97 Å². The van der Waals surface area contributed by atoms with E-state index in [0.717, 1.165) is 12.1 Å². The van der Waals surface area contributed by atoms with Crippen LogP contribution in [0.1, 0.15) is 5.56 Å². The number of aliphatic carboxylic acids is 1. The molecule has 0 aromatic heterocycles. The Labute approximate surface area is 79.8 Å². The Morgan fingerprint density at radius 2 is 2.21 bits per heavy atom. The third-order valence-electron chi connectivity index (χ3n) is 1.80. The number of halogens is 1. The summed E-state index contributed by atoms with van der Waals surface area (Å²) in [6.07, 6.45) is -0.0263. The van der Waals surface area contributed by atoms with Gasteiger partial charge in [-0.25, -0.2) is 4.39 Å². The zero-order chi connectivity index (χ0) is 10.7. The van der Waals surface area contributed by atoms with Crippen molar-refractivity contribution in [2.45, 2.75) is 12.5 Å². The number of aromatic hydroxyl groups is 1. The number of hydrogen-bond donors (Lipinski definition) is 3. The summed E-state index contributed by atoms with van der Waals surface area (Å²) in [5.74, 6) is -2.01. The van der Waals surface area contributed by atoms with Crippen molar-refractivity contribution in [1.82, 2.24) is 0 Å². The molecule has 0 aliphatic carbocycles. The van der Waals surface area contributed by atoms with Crippen molar-refractivity contribution in [1.29, 1.82) is 0 Å². The summed E-state index contributed by atoms with van der Waals surface area (Å²) in [6, 6.07) is 2.28. The van der Waals surface area contributed by atoms with Crippen LogP contribution < -0.4 is 5.73 Å². The lowest BCUT2D eigenvalue weighted by Crippen LogP contribution is -2.32. The first-order valence-electron chi connectivity index (χ1n) is 3.96. The van der Waals surface area contributed by atoms with Crippen LogP contribution in [0.4, 0.5) is 4.39 Å². The zero-order valence-corrected chi connectivity index (χ0v) is 7.27. The number of rotatable bonds is 3. The number of carboxylic acid groups (broad SMARTS) is 1. The quantitative estimate of drug-likeness (QED) is 0.661. The van der Waals surface area contributed by atoms with Crippen LogP contribution in [0.2, 0.25) is 0 Å². The molecule has 1 aromatic rings. The van der Waals surface area contributed by atoms with Gasteiger partial charge in [0.15, 0.2) is 0 Å². The maximum Gasteiger partial charge on any atom is 0.320 e. The van der Waals surface area contributed by atoms with Crippen molar-refractivity contribution in [2.75, 3.05) is 0 Å². The van der Waals surface area contributed by atoms with E-state index in [2.05, 4.69) is 0 Å². The highest BCUT2D eigenvalue weighted by Crippen LogP contribution is 2.19. The normalized spacial score (nSPS) is 12.4. The molecule has 76 valence electrons. The van der Waals surface area contributed by atoms with Gasteiger partial charge in [-0.3, -0.25) is 4.79 Å². The Hall–Kier alpha value is -1.62. The predicted molar refractivity (Wildman–Crippen MR) is 47.4 cm³/mol. The SMILES string of the molecule is N[C@H](Cc1ccc(F)cc1O)C(=O)O. The molecule has 0 saturated carbocycles. The third-order valence-corrected chi connectivity index (χ3v) is 1.80. The fourth-order valence-electron chi connectivity index (χ4n) is 1.03. The molecule has 5 heteroatoms. The summed E-state index contributed by atoms with van der Waals surface area (Å²) in [4.78, 5) is 10.4. The maximum atomic E-state index is 12.5. The molecular formula is C9H10FNO3. The van der Waals surface area contributed by atoms with E-state index in [0.29, 0.717) is 5.56 Å². The van der Waals surface area contributed by atoms with Gasteiger partial charge in [-0.05, 0) is 11.6 Å². The summed E-state index contributed by atoms with van der Waals surface area (Å²) in [5, 5.41) is 17.7. The van der Waals surface area contributed by atoms with Crippen LogP contribution in [0.15, 0.2) is 18.2 Å². The Balaban J connectivity index is 2.82. The van der Waals surface area contributed by atoms with Crippen LogP contribution in [0.25, 0.3) is 0 Å². The van der Waals surface area contributed by atoms with E-state index in [-0.39, 0.29) is 12.2 Å². The fraction of sp³-hybridized carbons (Fsp3) is 0.222. The molecule has 4 nitrogen and oxygen atoms in total. The van der Waals surface area contributed by atoms with Gasteiger partial charge in [0.05, 0.1) is 0 Å². The monoisotopic (exact) mass is 199 g/mol. The molecule has 0 aliphatic heterocycles. The van der Waals surface area contributed by atoms with Crippen molar-refractivity contribution in [3.8, 4) is 5.75 Å². The second-order valence-corrected chi connectivity index (χ2v) is 2.92. The number of phenols is 1. The molecule has 1 rings (SSSR count). The average Bonchev–Trinajstić information content (AvgIpc) is 2.09. The number of carbonyl (C=O) groups is 1. The molecule has 0 aliphatic rings. The number of carboxylic acids is 1. The minimum absolute atomic E-state index is 0.0263. The molecule has 0 amide bonds. The predicted octanol–water partition coefficient (Wildman–Crippen LogP) is 0.486. The van der Waals surface area contributed by atoms with Gasteiger partial charge < -0.3 is 15.9 Å². The smallest absolute Gasteiger partial charge is 0.320 e. The Kier molecular flexibility index (Phi) is 3.03. The van der Waals surface area contributed by atoms with Gasteiger partial charge in [-0.15, -0.1) is 0 Å². The number of phenolic OH excluding ortho intramolecular Hbond substituents is 1. The zero-order valence-electron chi connectivity index (χ0n) is 7.27. The molecule has 1 atom stereocenters. The second-order valence-electron chi connectivity index (χ2n) is 2.92. The van der Waals surface area contributed by atoms with Gasteiger partial charge in [0, 0.05) is 12.5 Å². The largest absolute Gasteiger partial charge is 0.508 e. The number of hydrogen-bond acceptors (Lipinski definition) is 3. The molecule has 0 saturated heterocycles. The van der Waals surface area contributed by atoms with Gasteiger partial charge in [-0.2, -0.15) is 0 Å². The number of nitrogens with two attached hydrogens (primary N) is 1. The summed E-state index contributed by atoms with van der Waals surface area (Å²) in [6.45, 7) is 0. The summed E-state index contributed by atoms with van der Waals surface area (Å²) < 4.78 is 12.5. The Bertz CT molecular complexity index is 354. The maximum absolute atomic E-state index is 12.5. The lowest BCUT2D eigenvalue weighted by molar-refractivity contribution is -0.138. The average molecular weight is 199 g/mol. The standard InChI is InChI=1S/C9H10FNO3/c10-6-2-1-5(8(12)4-6)3-7(11)9(13)14/h1-2,4,7,12H,3,11H2,(H,13,14)/t7-/m1/s1. The molecule has 4 N–H and O–H groups in total. The molecule has 1 aromatic carbocycles. The van der Waals surface area contributed by atoms with Gasteiger partial charge in [0.25, 0.3) is 0 Å². The molecule has 0 fully saturated rings. The van der Waals surface area contributed by atoms with Crippen LogP contribution in [0.3, 0.4) is 0 Å². The van der Waals surface area contributed by atoms with E-state index in [1.807, 2.05) is 0 Å². The molecule has 14 heavy (non-hydrogen) atoms. The Morgan fingerprint density at radius 1 is 1.57 bits per heavy atom. The van der Waals surface area contributed by atoms with Crippen molar-refractivity contribution < 1.29 is 19.4 Å². The van der Waals surface area contributed by atoms with Crippen molar-refractivity contribution in [3.63, 3.8) is 0 Å². The topological polar surface area (TPSA) is 83.5 Å². The van der Waals surface area contributed by atoms with Crippen LogP contribution in [-0.2, 0) is 11.2 Å². The highest BCUT2D eigenvalue weighted by Gasteiger charge is 2.14. The molecule has 0 radical (unpaired) electrons. The summed E-state index contributed by atoms with van der Waals surface area (Å²) in [5.41, 5.74) is 5.57. The van der Waals surface area contributed by atoms with Crippen LogP contribution >= 0.6 is 0 Å². The first kappa shape index (κ1) is 10.5. The number of benzene rings is 1. The first-order valence-corrected chi connectivity index (χ1v) is 3.96. The second kappa shape index (κ2) is 4.06. The van der Waals surface area contributed by atoms with Gasteiger partial charge >= 0.3 is 5.97 Å². The molecule has 0 bridgehead atoms. The van der Waals surface area contributed by atoms with Crippen LogP contribution in [0, 0.1) is 5.82 Å². The van der Waals surface area contributed by atoms with Crippen LogP contribution in [-0.4, -0.2) is 22.2 Å². The van der Waals surface area contributed by atoms with Gasteiger partial charge in [0.1, 0.15) is 17.6 Å². The van der Waals surface area contributed by atoms with Gasteiger partial charge in [-0.1, -0.05) is 6.07 Å². The van der Waals surface area contributed by atoms with E-state index >= 15 is 0 Å². The summed E-state index contributed by atoms with van der Waals surface area (Å²) in [7, 11) is 0. The lowest BCUT2D eigenvalue weighted by Gasteiger charge is -2.07. The first-order chi connectivity index (χ1) is 6.50. The molecule has 0 unspecified atom stereocenters. The van der Waals surface area contributed by atoms with E-state index in [1.54, 1.807) is 0 Å². The molecular weight excluding hydrogens is 189 g/mol. The minimum atomic E-state index is -1.16. The van der Waals surface area contributed by atoms with Gasteiger partial charge in [0.2, 0.25) is 0 Å². The summed E-state index contributed by atoms with van der Waals surface area (Å²) >= 11 is 0. The minimum Gasteiger partial charge on any atom is -0.508 e. The van der Waals surface area contributed by atoms with E-state index < -0.39 is 17.8 Å². The van der Waals surface area contributed by atoms with E-state index in [4.69, 9.17) is 10.8 Å². The molecule has 0 heterocycles. The third kappa shape index (κ3) is 2.43. The Morgan fingerprint density at radius 3 is 2.71 bits per heavy atom.